The van der Waals surface area contributed by atoms with Crippen molar-refractivity contribution in [2.75, 3.05) is 11.1 Å². The molecule has 2 heterocycles. The quantitative estimate of drug-likeness (QED) is 0.538. The lowest BCUT2D eigenvalue weighted by atomic mass is 9.91. The zero-order valence-corrected chi connectivity index (χ0v) is 15.9. The van der Waals surface area contributed by atoms with E-state index in [-0.39, 0.29) is 34.8 Å². The van der Waals surface area contributed by atoms with Crippen molar-refractivity contribution < 1.29 is 9.18 Å². The molecule has 0 radical (unpaired) electrons. The molecule has 29 heavy (non-hydrogen) atoms. The molecule has 1 fully saturated rings. The minimum Gasteiger partial charge on any atom is -0.383 e. The van der Waals surface area contributed by atoms with Gasteiger partial charge in [0.05, 0.1) is 11.1 Å². The number of hydrogen-bond acceptors (Lipinski definition) is 6. The van der Waals surface area contributed by atoms with Gasteiger partial charge in [-0.05, 0) is 25.0 Å². The zero-order chi connectivity index (χ0) is 20.5. The van der Waals surface area contributed by atoms with Crippen LogP contribution >= 0.6 is 0 Å². The Bertz CT molecular complexity index is 1090. The molecule has 0 aliphatic heterocycles. The third-order valence-electron chi connectivity index (χ3n) is 5.43. The molecule has 2 unspecified atom stereocenters. The Hall–Kier alpha value is -3.26. The lowest BCUT2D eigenvalue weighted by molar-refractivity contribution is 0.100. The third-order valence-corrected chi connectivity index (χ3v) is 5.43. The van der Waals surface area contributed by atoms with Gasteiger partial charge in [-0.2, -0.15) is 0 Å². The van der Waals surface area contributed by atoms with Crippen molar-refractivity contribution >= 4 is 28.4 Å². The van der Waals surface area contributed by atoms with Crippen LogP contribution in [0.15, 0.2) is 36.5 Å². The number of nitrogens with one attached hydrogen (secondary N) is 1. The predicted octanol–water partition coefficient (Wildman–Crippen LogP) is 2.80. The number of rotatable bonds is 4. The first-order valence-electron chi connectivity index (χ1n) is 9.61. The minimum atomic E-state index is -0.849. The zero-order valence-electron chi connectivity index (χ0n) is 15.9. The van der Waals surface area contributed by atoms with Crippen LogP contribution in [0.1, 0.15) is 36.0 Å². The molecule has 8 heteroatoms. The average molecular weight is 394 g/mol. The number of amides is 1. The molecule has 1 aliphatic carbocycles. The Labute approximate surface area is 167 Å². The molecule has 2 aromatic heterocycles. The molecular formula is C21H23FN6O. The molecule has 4 rings (SSSR count). The number of anilines is 2. The molecule has 1 aromatic carbocycles. The van der Waals surface area contributed by atoms with Gasteiger partial charge in [-0.1, -0.05) is 31.0 Å². The number of hydrogen-bond donors (Lipinski definition) is 4. The maximum atomic E-state index is 15.6. The molecule has 0 spiro atoms. The number of fused-ring (bicyclic) bond motifs is 1. The maximum absolute atomic E-state index is 15.6. The van der Waals surface area contributed by atoms with Crippen molar-refractivity contribution in [2.24, 2.45) is 11.5 Å². The number of benzene rings is 1. The second-order valence-corrected chi connectivity index (χ2v) is 7.39. The van der Waals surface area contributed by atoms with Crippen molar-refractivity contribution in [1.29, 1.82) is 0 Å². The van der Waals surface area contributed by atoms with E-state index in [0.29, 0.717) is 5.56 Å². The summed E-state index contributed by atoms with van der Waals surface area (Å²) in [6.07, 6.45) is 5.22. The Balaban J connectivity index is 1.85. The first kappa shape index (κ1) is 19.1. The van der Waals surface area contributed by atoms with E-state index in [1.807, 2.05) is 24.3 Å². The standard InChI is InChI=1S/C21H23FN6O/c22-18-16(12-9-11-5-1-3-7-14(11)26-10-12)17(20(25)29)19(24)28-21(18)27-15-8-4-2-6-13(15)23/h1,3,5,7,9-10,13,15H,2,4,6,8,23H2,(H2,25,29)(H3,24,27,28). The molecule has 7 N–H and O–H groups in total. The summed E-state index contributed by atoms with van der Waals surface area (Å²) in [5.74, 6) is -1.70. The number of aromatic nitrogens is 2. The van der Waals surface area contributed by atoms with E-state index < -0.39 is 11.7 Å². The minimum absolute atomic E-state index is 0.00451. The van der Waals surface area contributed by atoms with E-state index in [1.54, 1.807) is 6.07 Å². The number of nitrogens with zero attached hydrogens (tertiary/aromatic N) is 2. The summed E-state index contributed by atoms with van der Waals surface area (Å²) in [6.45, 7) is 0. The molecule has 150 valence electrons. The molecule has 1 saturated carbocycles. The van der Waals surface area contributed by atoms with Gasteiger partial charge < -0.3 is 22.5 Å². The number of para-hydroxylation sites is 1. The lowest BCUT2D eigenvalue weighted by Crippen LogP contribution is -2.43. The van der Waals surface area contributed by atoms with Gasteiger partial charge in [0.2, 0.25) is 0 Å². The molecule has 2 atom stereocenters. The van der Waals surface area contributed by atoms with Crippen LogP contribution in [0.5, 0.6) is 0 Å². The van der Waals surface area contributed by atoms with Gasteiger partial charge in [-0.3, -0.25) is 9.78 Å². The van der Waals surface area contributed by atoms with Gasteiger partial charge in [-0.15, -0.1) is 0 Å². The van der Waals surface area contributed by atoms with E-state index in [2.05, 4.69) is 15.3 Å². The Kier molecular flexibility index (Phi) is 5.02. The van der Waals surface area contributed by atoms with Crippen LogP contribution in [0.3, 0.4) is 0 Å². The molecule has 0 bridgehead atoms. The van der Waals surface area contributed by atoms with Crippen LogP contribution < -0.4 is 22.5 Å². The van der Waals surface area contributed by atoms with Crippen LogP contribution in [0.25, 0.3) is 22.0 Å². The summed E-state index contributed by atoms with van der Waals surface area (Å²) in [5, 5.41) is 3.89. The van der Waals surface area contributed by atoms with Gasteiger partial charge >= 0.3 is 0 Å². The molecular weight excluding hydrogens is 371 g/mol. The summed E-state index contributed by atoms with van der Waals surface area (Å²) in [5.41, 5.74) is 18.7. The summed E-state index contributed by atoms with van der Waals surface area (Å²) in [4.78, 5) is 20.5. The largest absolute Gasteiger partial charge is 0.383 e. The van der Waals surface area contributed by atoms with Crippen molar-refractivity contribution in [1.82, 2.24) is 9.97 Å². The number of nitrogen functional groups attached to an aromatic ring is 1. The van der Waals surface area contributed by atoms with Gasteiger partial charge in [0, 0.05) is 34.8 Å². The van der Waals surface area contributed by atoms with Gasteiger partial charge in [0.1, 0.15) is 5.82 Å². The average Bonchev–Trinajstić information content (AvgIpc) is 2.71. The smallest absolute Gasteiger partial charge is 0.253 e. The molecule has 1 amide bonds. The highest BCUT2D eigenvalue weighted by Crippen LogP contribution is 2.35. The molecule has 7 nitrogen and oxygen atoms in total. The van der Waals surface area contributed by atoms with E-state index in [1.165, 1.54) is 6.20 Å². The second kappa shape index (κ2) is 7.63. The normalized spacial score (nSPS) is 19.2. The Morgan fingerprint density at radius 1 is 1.21 bits per heavy atom. The first-order valence-corrected chi connectivity index (χ1v) is 9.61. The van der Waals surface area contributed by atoms with Crippen LogP contribution in [0.2, 0.25) is 0 Å². The van der Waals surface area contributed by atoms with E-state index in [4.69, 9.17) is 17.2 Å². The Morgan fingerprint density at radius 2 is 1.97 bits per heavy atom. The predicted molar refractivity (Wildman–Crippen MR) is 112 cm³/mol. The van der Waals surface area contributed by atoms with E-state index in [9.17, 15) is 4.79 Å². The first-order chi connectivity index (χ1) is 14.0. The molecule has 3 aromatic rings. The fourth-order valence-corrected chi connectivity index (χ4v) is 3.92. The van der Waals surface area contributed by atoms with Crippen molar-refractivity contribution in [3.63, 3.8) is 0 Å². The number of carbonyl (C=O) groups is 1. The number of pyridine rings is 2. The van der Waals surface area contributed by atoms with Crippen LogP contribution in [0.4, 0.5) is 16.0 Å². The molecule has 1 aliphatic rings. The summed E-state index contributed by atoms with van der Waals surface area (Å²) >= 11 is 0. The number of carbonyl (C=O) groups excluding carboxylic acids is 1. The molecule has 0 saturated heterocycles. The topological polar surface area (TPSA) is 133 Å². The van der Waals surface area contributed by atoms with E-state index >= 15 is 4.39 Å². The lowest BCUT2D eigenvalue weighted by Gasteiger charge is -2.30. The van der Waals surface area contributed by atoms with Gasteiger partial charge in [-0.25, -0.2) is 9.37 Å². The van der Waals surface area contributed by atoms with Crippen LogP contribution in [-0.2, 0) is 0 Å². The van der Waals surface area contributed by atoms with Crippen molar-refractivity contribution in [2.45, 2.75) is 37.8 Å². The van der Waals surface area contributed by atoms with Crippen LogP contribution in [0, 0.1) is 5.82 Å². The van der Waals surface area contributed by atoms with Crippen molar-refractivity contribution in [3.05, 3.63) is 47.9 Å². The van der Waals surface area contributed by atoms with E-state index in [0.717, 1.165) is 36.6 Å². The summed E-state index contributed by atoms with van der Waals surface area (Å²) < 4.78 is 15.6. The summed E-state index contributed by atoms with van der Waals surface area (Å²) in [6, 6.07) is 8.96. The Morgan fingerprint density at radius 3 is 2.72 bits per heavy atom. The second-order valence-electron chi connectivity index (χ2n) is 7.39. The highest BCUT2D eigenvalue weighted by Gasteiger charge is 2.27. The third kappa shape index (κ3) is 3.58. The SMILES string of the molecule is NC(=O)c1c(N)nc(NC2CCCCC2N)c(F)c1-c1cnc2ccccc2c1. The number of halogens is 1. The monoisotopic (exact) mass is 394 g/mol. The fourth-order valence-electron chi connectivity index (χ4n) is 3.92. The highest BCUT2D eigenvalue weighted by molar-refractivity contribution is 6.05. The number of nitrogens with two attached hydrogens (primary N) is 3. The van der Waals surface area contributed by atoms with Crippen LogP contribution in [-0.4, -0.2) is 28.0 Å². The van der Waals surface area contributed by atoms with Gasteiger partial charge in [0.15, 0.2) is 11.6 Å². The van der Waals surface area contributed by atoms with Gasteiger partial charge in [0.25, 0.3) is 5.91 Å². The summed E-state index contributed by atoms with van der Waals surface area (Å²) in [7, 11) is 0. The number of primary amides is 1. The van der Waals surface area contributed by atoms with Crippen molar-refractivity contribution in [3.8, 4) is 11.1 Å². The maximum Gasteiger partial charge on any atom is 0.253 e. The highest BCUT2D eigenvalue weighted by atomic mass is 19.1. The fraction of sp³-hybridized carbons (Fsp3) is 0.286.